The van der Waals surface area contributed by atoms with Crippen LogP contribution < -0.4 is 20.9 Å². The zero-order chi connectivity index (χ0) is 22.5. The fourth-order valence-electron chi connectivity index (χ4n) is 2.65. The Morgan fingerprint density at radius 2 is 1.25 bits per heavy atom. The molecule has 3 N–H and O–H groups in total. The Kier molecular flexibility index (Phi) is 12.9. The van der Waals surface area contributed by atoms with E-state index in [2.05, 4.69) is 46.7 Å². The van der Waals surface area contributed by atoms with Crippen molar-refractivity contribution < 1.29 is 9.85 Å². The number of hydrogen-bond donors (Lipinski definition) is 3. The third-order valence-electron chi connectivity index (χ3n) is 4.26. The molecule has 2 fully saturated rings. The van der Waals surface area contributed by atoms with Gasteiger partial charge in [0.05, 0.1) is 9.85 Å². The lowest BCUT2D eigenvalue weighted by atomic mass is 10.3. The molecule has 2 saturated heterocycles. The van der Waals surface area contributed by atoms with Gasteiger partial charge in [-0.3, -0.25) is 20.2 Å². The number of nitrogens with one attached hydrogen (secondary N) is 3. The van der Waals surface area contributed by atoms with E-state index >= 15 is 0 Å². The number of hydrogen-bond acceptors (Lipinski definition) is 10. The molecule has 0 atom stereocenters. The Labute approximate surface area is 195 Å². The number of nitro groups is 2. The van der Waals surface area contributed by atoms with Gasteiger partial charge in [-0.05, 0) is 28.1 Å². The Balaban J connectivity index is 0.000000260. The topological polar surface area (TPSA) is 151 Å². The second-order valence-electron chi connectivity index (χ2n) is 6.46. The molecule has 2 aromatic heterocycles. The van der Waals surface area contributed by atoms with Crippen LogP contribution in [0.15, 0.2) is 41.3 Å². The third kappa shape index (κ3) is 10.0. The number of pyridine rings is 2. The minimum Gasteiger partial charge on any atom is -0.354 e. The van der Waals surface area contributed by atoms with Crippen molar-refractivity contribution in [3.8, 4) is 0 Å². The highest BCUT2D eigenvalue weighted by molar-refractivity contribution is 9.10. The summed E-state index contributed by atoms with van der Waals surface area (Å²) in [6.07, 6.45) is 2.50. The number of piperazine rings is 2. The first-order valence-corrected chi connectivity index (χ1v) is 10.5. The summed E-state index contributed by atoms with van der Waals surface area (Å²) in [4.78, 5) is 29.4. The minimum atomic E-state index is -0.487. The molecular formula is C19H29BrN8O4. The maximum absolute atomic E-state index is 10.4. The molecule has 2 aromatic rings. The van der Waals surface area contributed by atoms with E-state index in [1.54, 1.807) is 6.07 Å². The second-order valence-corrected chi connectivity index (χ2v) is 7.28. The van der Waals surface area contributed by atoms with Crippen molar-refractivity contribution in [1.29, 1.82) is 0 Å². The van der Waals surface area contributed by atoms with Gasteiger partial charge in [0.2, 0.25) is 0 Å². The molecule has 4 rings (SSSR count). The van der Waals surface area contributed by atoms with Gasteiger partial charge in [0.15, 0.2) is 0 Å². The van der Waals surface area contributed by atoms with Gasteiger partial charge in [-0.1, -0.05) is 7.43 Å². The molecule has 0 aliphatic carbocycles. The Bertz CT molecular complexity index is 802. The molecule has 0 bridgehead atoms. The molecule has 0 aromatic carbocycles. The number of rotatable bonds is 3. The van der Waals surface area contributed by atoms with E-state index in [4.69, 9.17) is 0 Å². The molecule has 13 heteroatoms. The maximum Gasteiger partial charge on any atom is 0.287 e. The predicted octanol–water partition coefficient (Wildman–Crippen LogP) is 1.97. The summed E-state index contributed by atoms with van der Waals surface area (Å²) in [5.74, 6) is 0.808. The maximum atomic E-state index is 10.4. The summed E-state index contributed by atoms with van der Waals surface area (Å²) < 4.78 is 0.595. The van der Waals surface area contributed by atoms with E-state index in [0.29, 0.717) is 4.60 Å². The van der Waals surface area contributed by atoms with Gasteiger partial charge in [0.1, 0.15) is 22.8 Å². The van der Waals surface area contributed by atoms with Crippen molar-refractivity contribution in [1.82, 2.24) is 25.9 Å². The molecule has 32 heavy (non-hydrogen) atoms. The molecule has 4 heterocycles. The van der Waals surface area contributed by atoms with E-state index in [1.165, 1.54) is 30.6 Å². The smallest absolute Gasteiger partial charge is 0.287 e. The van der Waals surface area contributed by atoms with Crippen LogP contribution in [0.4, 0.5) is 17.2 Å². The summed E-state index contributed by atoms with van der Waals surface area (Å²) >= 11 is 3.06. The quantitative estimate of drug-likeness (QED) is 0.316. The molecule has 0 amide bonds. The van der Waals surface area contributed by atoms with Crippen molar-refractivity contribution >= 4 is 33.1 Å². The fourth-order valence-corrected chi connectivity index (χ4v) is 2.88. The first-order valence-electron chi connectivity index (χ1n) is 9.71. The predicted molar refractivity (Wildman–Crippen MR) is 127 cm³/mol. The first kappa shape index (κ1) is 27.3. The number of nitrogens with zero attached hydrogens (tertiary/aromatic N) is 5. The summed E-state index contributed by atoms with van der Waals surface area (Å²) in [5, 5.41) is 30.2. The van der Waals surface area contributed by atoms with Crippen LogP contribution in [0.5, 0.6) is 0 Å². The van der Waals surface area contributed by atoms with Crippen LogP contribution in [0.3, 0.4) is 0 Å². The Morgan fingerprint density at radius 1 is 0.781 bits per heavy atom. The van der Waals surface area contributed by atoms with Crippen LogP contribution in [-0.2, 0) is 0 Å². The Hall–Kier alpha value is -2.74. The molecule has 0 unspecified atom stereocenters. The largest absolute Gasteiger partial charge is 0.354 e. The molecule has 2 aliphatic heterocycles. The van der Waals surface area contributed by atoms with Crippen molar-refractivity contribution in [3.63, 3.8) is 0 Å². The number of halogens is 1. The van der Waals surface area contributed by atoms with E-state index in [0.717, 1.165) is 58.2 Å². The van der Waals surface area contributed by atoms with Gasteiger partial charge in [0.25, 0.3) is 11.4 Å². The lowest BCUT2D eigenvalue weighted by Crippen LogP contribution is -2.43. The highest BCUT2D eigenvalue weighted by atomic mass is 79.9. The second kappa shape index (κ2) is 15.1. The van der Waals surface area contributed by atoms with Gasteiger partial charge < -0.3 is 20.9 Å². The summed E-state index contributed by atoms with van der Waals surface area (Å²) in [6.45, 7) is 8.20. The molecule has 0 radical (unpaired) electrons. The van der Waals surface area contributed by atoms with Gasteiger partial charge >= 0.3 is 0 Å². The highest BCUT2D eigenvalue weighted by Crippen LogP contribution is 2.15. The monoisotopic (exact) mass is 512 g/mol. The van der Waals surface area contributed by atoms with Crippen LogP contribution in [0.2, 0.25) is 0 Å². The zero-order valence-electron chi connectivity index (χ0n) is 16.9. The van der Waals surface area contributed by atoms with Crippen molar-refractivity contribution in [2.24, 2.45) is 0 Å². The minimum absolute atomic E-state index is 0. The summed E-state index contributed by atoms with van der Waals surface area (Å²) in [6, 6.07) is 6.10. The molecular weight excluding hydrogens is 484 g/mol. The molecule has 0 saturated carbocycles. The lowest BCUT2D eigenvalue weighted by molar-refractivity contribution is -0.385. The molecule has 176 valence electrons. The lowest BCUT2D eigenvalue weighted by Gasteiger charge is -2.28. The van der Waals surface area contributed by atoms with Gasteiger partial charge in [-0.2, -0.15) is 0 Å². The van der Waals surface area contributed by atoms with E-state index in [-0.39, 0.29) is 18.8 Å². The van der Waals surface area contributed by atoms with Crippen molar-refractivity contribution in [2.75, 3.05) is 57.3 Å². The molecule has 0 spiro atoms. The van der Waals surface area contributed by atoms with Gasteiger partial charge in [0, 0.05) is 64.5 Å². The molecule has 12 nitrogen and oxygen atoms in total. The normalized spacial score (nSPS) is 15.1. The Morgan fingerprint density at radius 3 is 1.62 bits per heavy atom. The van der Waals surface area contributed by atoms with E-state index < -0.39 is 9.85 Å². The fraction of sp³-hybridized carbons (Fsp3) is 0.474. The average molecular weight is 513 g/mol. The van der Waals surface area contributed by atoms with Gasteiger partial charge in [-0.15, -0.1) is 0 Å². The zero-order valence-corrected chi connectivity index (χ0v) is 18.5. The van der Waals surface area contributed by atoms with E-state index in [1.807, 2.05) is 0 Å². The van der Waals surface area contributed by atoms with Crippen LogP contribution in [-0.4, -0.2) is 72.2 Å². The standard InChI is InChI=1S/C9H12N4O2.C5H3BrN2O2.C4H10N2.CH4/c14-13(15)8-1-2-9(11-7-8)12-5-3-10-4-6-12;6-5-2-1-4(3-7-5)8(9)10;1-2-6-4-3-5-1;/h1-2,7,10H,3-6H2;1-3H;5-6H,1-4H2;1H4. The van der Waals surface area contributed by atoms with Gasteiger partial charge in [-0.25, -0.2) is 9.97 Å². The van der Waals surface area contributed by atoms with Crippen molar-refractivity contribution in [3.05, 3.63) is 61.5 Å². The summed E-state index contributed by atoms with van der Waals surface area (Å²) in [5.41, 5.74) is 0.0390. The number of anilines is 1. The van der Waals surface area contributed by atoms with Crippen LogP contribution >= 0.6 is 15.9 Å². The average Bonchev–Trinajstić information content (AvgIpc) is 2.82. The molecule has 2 aliphatic rings. The third-order valence-corrected chi connectivity index (χ3v) is 4.73. The highest BCUT2D eigenvalue weighted by Gasteiger charge is 2.13. The SMILES string of the molecule is C.C1CNCCN1.O=[N+]([O-])c1ccc(Br)nc1.O=[N+]([O-])c1ccc(N2CCNCC2)nc1. The van der Waals surface area contributed by atoms with Crippen LogP contribution in [0, 0.1) is 20.2 Å². The first-order chi connectivity index (χ1) is 15.0. The summed E-state index contributed by atoms with van der Waals surface area (Å²) in [7, 11) is 0. The number of aromatic nitrogens is 2. The van der Waals surface area contributed by atoms with E-state index in [9.17, 15) is 20.2 Å². The van der Waals surface area contributed by atoms with Crippen molar-refractivity contribution in [2.45, 2.75) is 7.43 Å². The van der Waals surface area contributed by atoms with Crippen LogP contribution in [0.1, 0.15) is 7.43 Å². The van der Waals surface area contributed by atoms with Crippen LogP contribution in [0.25, 0.3) is 0 Å².